The number of rotatable bonds is 8. The number of hydrogen-bond acceptors (Lipinski definition) is 5. The Morgan fingerprint density at radius 3 is 1.35 bits per heavy atom. The minimum Gasteiger partial charge on any atom is -0.308 e. The van der Waals surface area contributed by atoms with E-state index < -0.39 is 0 Å². The van der Waals surface area contributed by atoms with Crippen molar-refractivity contribution in [2.45, 2.75) is 0 Å². The third-order valence-electron chi connectivity index (χ3n) is 12.4. The lowest BCUT2D eigenvalue weighted by molar-refractivity contribution is 0.0926. The fourth-order valence-corrected chi connectivity index (χ4v) is 9.31. The van der Waals surface area contributed by atoms with Gasteiger partial charge >= 0.3 is 0 Å². The van der Waals surface area contributed by atoms with E-state index in [-0.39, 0.29) is 11.8 Å². The number of imide groups is 1. The normalized spacial score (nSPS) is 12.3. The Morgan fingerprint density at radius 1 is 0.318 bits per heavy atom. The van der Waals surface area contributed by atoms with Crippen LogP contribution in [0.1, 0.15) is 20.7 Å². The van der Waals surface area contributed by atoms with Crippen LogP contribution in [0.3, 0.4) is 0 Å². The summed E-state index contributed by atoms with van der Waals surface area (Å²) < 4.78 is 2.11. The Labute approximate surface area is 380 Å². The van der Waals surface area contributed by atoms with Gasteiger partial charge in [-0.3, -0.25) is 9.59 Å². The molecule has 12 rings (SSSR count). The maximum atomic E-state index is 15.5. The second-order valence-corrected chi connectivity index (χ2v) is 16.3. The average Bonchev–Trinajstić information content (AvgIpc) is 3.86. The quantitative estimate of drug-likeness (QED) is 0.142. The largest absolute Gasteiger partial charge is 0.308 e. The molecule has 0 spiro atoms. The standard InChI is InChI=1S/C59H37N5O2/c65-58-46-30-18-32-52(53(46)59(66)64(58)54-47(39-21-8-2-9-22-39)36-44(38-19-6-1-7-20-38)37-48(54)40-23-10-3-11-24-40)63-50-31-17-16-29-45(50)49-35-43(33-34-51(49)63)57-61-55(41-25-12-4-13-26-41)60-56(62-57)42-27-14-5-15-28-42/h1-37H. The van der Waals surface area contributed by atoms with Crippen LogP contribution in [0.25, 0.3) is 95.0 Å². The van der Waals surface area contributed by atoms with Gasteiger partial charge in [0.2, 0.25) is 0 Å². The van der Waals surface area contributed by atoms with E-state index in [2.05, 4.69) is 53.1 Å². The molecule has 0 fully saturated rings. The molecule has 1 aliphatic heterocycles. The van der Waals surface area contributed by atoms with Crippen molar-refractivity contribution < 1.29 is 9.59 Å². The summed E-state index contributed by atoms with van der Waals surface area (Å²) in [5.74, 6) is 0.937. The highest BCUT2D eigenvalue weighted by atomic mass is 16.2. The van der Waals surface area contributed by atoms with Crippen molar-refractivity contribution in [3.05, 3.63) is 236 Å². The van der Waals surface area contributed by atoms with Gasteiger partial charge in [-0.05, 0) is 70.8 Å². The number of para-hydroxylation sites is 1. The zero-order valence-corrected chi connectivity index (χ0v) is 35.4. The Bertz CT molecular complexity index is 3550. The summed E-state index contributed by atoms with van der Waals surface area (Å²) in [5.41, 5.74) is 11.6. The van der Waals surface area contributed by atoms with Gasteiger partial charge in [-0.2, -0.15) is 0 Å². The van der Waals surface area contributed by atoms with Gasteiger partial charge in [0.05, 0.1) is 33.5 Å². The van der Waals surface area contributed by atoms with Crippen LogP contribution >= 0.6 is 0 Å². The number of aromatic nitrogens is 4. The van der Waals surface area contributed by atoms with Gasteiger partial charge in [0.25, 0.3) is 11.8 Å². The molecule has 0 radical (unpaired) electrons. The first-order chi connectivity index (χ1) is 32.6. The molecule has 2 aromatic heterocycles. The summed E-state index contributed by atoms with van der Waals surface area (Å²) in [7, 11) is 0. The molecular weight excluding hydrogens is 811 g/mol. The molecule has 0 unspecified atom stereocenters. The lowest BCUT2D eigenvalue weighted by atomic mass is 9.90. The average molecular weight is 848 g/mol. The van der Waals surface area contributed by atoms with E-state index in [0.29, 0.717) is 40.0 Å². The Morgan fingerprint density at radius 2 is 0.788 bits per heavy atom. The Balaban J connectivity index is 1.04. The molecule has 0 atom stereocenters. The van der Waals surface area contributed by atoms with Crippen LogP contribution in [0.2, 0.25) is 0 Å². The minimum absolute atomic E-state index is 0.344. The molecule has 310 valence electrons. The topological polar surface area (TPSA) is 81.0 Å². The number of carbonyl (C=O) groups is 2. The molecule has 0 saturated carbocycles. The van der Waals surface area contributed by atoms with Crippen LogP contribution in [-0.4, -0.2) is 31.3 Å². The summed E-state index contributed by atoms with van der Waals surface area (Å²) in [5, 5.41) is 1.93. The maximum absolute atomic E-state index is 15.5. The number of benzene rings is 9. The van der Waals surface area contributed by atoms with E-state index >= 15 is 9.59 Å². The fraction of sp³-hybridized carbons (Fsp3) is 0. The predicted octanol–water partition coefficient (Wildman–Crippen LogP) is 13.8. The summed E-state index contributed by atoms with van der Waals surface area (Å²) >= 11 is 0. The molecule has 66 heavy (non-hydrogen) atoms. The number of carbonyl (C=O) groups excluding carboxylic acids is 2. The van der Waals surface area contributed by atoms with Crippen LogP contribution in [0.4, 0.5) is 5.69 Å². The summed E-state index contributed by atoms with van der Waals surface area (Å²) in [6.45, 7) is 0. The van der Waals surface area contributed by atoms with Gasteiger partial charge in [-0.15, -0.1) is 0 Å². The molecular formula is C59H37N5O2. The molecule has 2 amide bonds. The lowest BCUT2D eigenvalue weighted by Crippen LogP contribution is -2.30. The first kappa shape index (κ1) is 38.6. The smallest absolute Gasteiger partial charge is 0.268 e. The maximum Gasteiger partial charge on any atom is 0.268 e. The van der Waals surface area contributed by atoms with E-state index in [1.807, 2.05) is 170 Å². The van der Waals surface area contributed by atoms with Crippen LogP contribution in [-0.2, 0) is 0 Å². The Hall–Kier alpha value is -9.07. The summed E-state index contributed by atoms with van der Waals surface area (Å²) in [6, 6.07) is 74.2. The molecule has 0 bridgehead atoms. The van der Waals surface area contributed by atoms with Gasteiger partial charge in [0.1, 0.15) is 0 Å². The van der Waals surface area contributed by atoms with Gasteiger partial charge in [-0.1, -0.05) is 176 Å². The first-order valence-electron chi connectivity index (χ1n) is 21.9. The van der Waals surface area contributed by atoms with Crippen LogP contribution in [0.5, 0.6) is 0 Å². The van der Waals surface area contributed by atoms with Crippen molar-refractivity contribution in [3.8, 4) is 73.2 Å². The van der Waals surface area contributed by atoms with Gasteiger partial charge in [0.15, 0.2) is 17.5 Å². The van der Waals surface area contributed by atoms with Crippen LogP contribution < -0.4 is 4.90 Å². The number of hydrogen-bond donors (Lipinski definition) is 0. The van der Waals surface area contributed by atoms with Crippen molar-refractivity contribution in [2.75, 3.05) is 4.90 Å². The highest BCUT2D eigenvalue weighted by Gasteiger charge is 2.42. The highest BCUT2D eigenvalue weighted by molar-refractivity contribution is 6.37. The molecule has 3 heterocycles. The number of nitrogens with zero attached hydrogens (tertiary/aromatic N) is 5. The predicted molar refractivity (Wildman–Crippen MR) is 264 cm³/mol. The molecule has 9 aromatic carbocycles. The third kappa shape index (κ3) is 6.49. The molecule has 1 aliphatic rings. The van der Waals surface area contributed by atoms with Crippen molar-refractivity contribution in [1.82, 2.24) is 19.5 Å². The lowest BCUT2D eigenvalue weighted by Gasteiger charge is -2.24. The Kier molecular flexibility index (Phi) is 9.31. The highest BCUT2D eigenvalue weighted by Crippen LogP contribution is 2.47. The van der Waals surface area contributed by atoms with Gasteiger partial charge < -0.3 is 4.57 Å². The zero-order valence-electron chi connectivity index (χ0n) is 35.4. The van der Waals surface area contributed by atoms with Crippen molar-refractivity contribution in [1.29, 1.82) is 0 Å². The molecule has 0 saturated heterocycles. The summed E-state index contributed by atoms with van der Waals surface area (Å²) in [6.07, 6.45) is 0. The third-order valence-corrected chi connectivity index (χ3v) is 12.4. The van der Waals surface area contributed by atoms with Gasteiger partial charge in [-0.25, -0.2) is 19.9 Å². The summed E-state index contributed by atoms with van der Waals surface area (Å²) in [4.78, 5) is 47.0. The van der Waals surface area contributed by atoms with Crippen LogP contribution in [0, 0.1) is 0 Å². The number of fused-ring (bicyclic) bond motifs is 4. The van der Waals surface area contributed by atoms with E-state index in [4.69, 9.17) is 15.0 Å². The number of anilines is 1. The van der Waals surface area contributed by atoms with Gasteiger partial charge in [0, 0.05) is 38.6 Å². The van der Waals surface area contributed by atoms with Crippen molar-refractivity contribution >= 4 is 39.3 Å². The van der Waals surface area contributed by atoms with Crippen molar-refractivity contribution in [3.63, 3.8) is 0 Å². The molecule has 0 aliphatic carbocycles. The second kappa shape index (κ2) is 15.9. The van der Waals surface area contributed by atoms with Crippen molar-refractivity contribution in [2.24, 2.45) is 0 Å². The molecule has 7 nitrogen and oxygen atoms in total. The molecule has 0 N–H and O–H groups in total. The monoisotopic (exact) mass is 847 g/mol. The fourth-order valence-electron chi connectivity index (χ4n) is 9.31. The van der Waals surface area contributed by atoms with Crippen LogP contribution in [0.15, 0.2) is 224 Å². The SMILES string of the molecule is O=C1c2cccc(-n3c4ccccc4c4cc(-c5nc(-c6ccccc6)nc(-c6ccccc6)n5)ccc43)c2C(=O)N1c1c(-c2ccccc2)cc(-c2ccccc2)cc1-c1ccccc1. The molecule has 7 heteroatoms. The number of amides is 2. The first-order valence-corrected chi connectivity index (χ1v) is 21.9. The van der Waals surface area contributed by atoms with E-state index in [1.165, 1.54) is 4.90 Å². The van der Waals surface area contributed by atoms with E-state index in [1.54, 1.807) is 6.07 Å². The second-order valence-electron chi connectivity index (χ2n) is 16.3. The van der Waals surface area contributed by atoms with E-state index in [9.17, 15) is 0 Å². The zero-order chi connectivity index (χ0) is 44.1. The minimum atomic E-state index is -0.387. The van der Waals surface area contributed by atoms with E-state index in [0.717, 1.165) is 71.9 Å². The molecule has 11 aromatic rings.